The van der Waals surface area contributed by atoms with E-state index in [9.17, 15) is 19.5 Å². The van der Waals surface area contributed by atoms with Crippen LogP contribution in [0.4, 0.5) is 0 Å². The number of amides is 2. The first-order chi connectivity index (χ1) is 11.0. The van der Waals surface area contributed by atoms with Crippen molar-refractivity contribution in [3.05, 3.63) is 47.4 Å². The Hall–Kier alpha value is -2.48. The van der Waals surface area contributed by atoms with Crippen LogP contribution in [-0.2, 0) is 14.3 Å². The van der Waals surface area contributed by atoms with E-state index in [0.717, 1.165) is 0 Å². The molecule has 120 valence electrons. The summed E-state index contributed by atoms with van der Waals surface area (Å²) in [5.74, 6) is -1.43. The van der Waals surface area contributed by atoms with Crippen molar-refractivity contribution in [2.45, 2.75) is 11.4 Å². The lowest BCUT2D eigenvalue weighted by Crippen LogP contribution is -2.70. The predicted octanol–water partition coefficient (Wildman–Crippen LogP) is 0.643. The SMILES string of the molecule is COC1=C(C(=O)O)N2C(=O)C(NC(=O)c3ccccc3)[C@H]2SC1. The number of fused-ring (bicyclic) bond motifs is 1. The molecule has 23 heavy (non-hydrogen) atoms. The summed E-state index contributed by atoms with van der Waals surface area (Å²) in [6, 6.07) is 7.82. The number of hydrogen-bond acceptors (Lipinski definition) is 5. The number of thioether (sulfide) groups is 1. The number of nitrogens with one attached hydrogen (secondary N) is 1. The Morgan fingerprint density at radius 1 is 1.35 bits per heavy atom. The molecule has 1 saturated heterocycles. The highest BCUT2D eigenvalue weighted by atomic mass is 32.2. The number of carbonyl (C=O) groups is 3. The van der Waals surface area contributed by atoms with Gasteiger partial charge in [-0.3, -0.25) is 14.5 Å². The van der Waals surface area contributed by atoms with Crippen LogP contribution >= 0.6 is 11.8 Å². The molecule has 2 amide bonds. The summed E-state index contributed by atoms with van der Waals surface area (Å²) in [7, 11) is 1.37. The molecular formula is C15H14N2O5S. The second kappa shape index (κ2) is 5.96. The van der Waals surface area contributed by atoms with Gasteiger partial charge in [0, 0.05) is 5.56 Å². The van der Waals surface area contributed by atoms with Gasteiger partial charge in [-0.05, 0) is 12.1 Å². The Balaban J connectivity index is 1.77. The van der Waals surface area contributed by atoms with Gasteiger partial charge < -0.3 is 15.2 Å². The smallest absolute Gasteiger partial charge is 0.356 e. The van der Waals surface area contributed by atoms with Gasteiger partial charge in [0.05, 0.1) is 12.9 Å². The molecule has 7 nitrogen and oxygen atoms in total. The topological polar surface area (TPSA) is 95.9 Å². The Morgan fingerprint density at radius 3 is 2.65 bits per heavy atom. The molecule has 1 fully saturated rings. The number of hydrogen-bond donors (Lipinski definition) is 2. The van der Waals surface area contributed by atoms with Crippen LogP contribution in [0, 0.1) is 0 Å². The number of aliphatic carboxylic acids is 1. The highest BCUT2D eigenvalue weighted by molar-refractivity contribution is 8.00. The van der Waals surface area contributed by atoms with E-state index in [0.29, 0.717) is 11.3 Å². The van der Waals surface area contributed by atoms with Crippen molar-refractivity contribution in [3.63, 3.8) is 0 Å². The molecule has 2 aliphatic heterocycles. The minimum Gasteiger partial charge on any atom is -0.498 e. The van der Waals surface area contributed by atoms with Gasteiger partial charge in [0.2, 0.25) is 0 Å². The van der Waals surface area contributed by atoms with Gasteiger partial charge in [-0.2, -0.15) is 0 Å². The number of nitrogens with zero attached hydrogens (tertiary/aromatic N) is 1. The molecule has 1 aromatic rings. The van der Waals surface area contributed by atoms with Gasteiger partial charge in [0.25, 0.3) is 11.8 Å². The molecule has 0 aromatic heterocycles. The molecular weight excluding hydrogens is 320 g/mol. The molecule has 1 unspecified atom stereocenters. The Kier molecular flexibility index (Phi) is 3.99. The van der Waals surface area contributed by atoms with Gasteiger partial charge in [-0.25, -0.2) is 4.79 Å². The highest BCUT2D eigenvalue weighted by Crippen LogP contribution is 2.40. The van der Waals surface area contributed by atoms with Crippen molar-refractivity contribution >= 4 is 29.5 Å². The largest absolute Gasteiger partial charge is 0.498 e. The molecule has 0 saturated carbocycles. The summed E-state index contributed by atoms with van der Waals surface area (Å²) in [5.41, 5.74) is 0.303. The number of ether oxygens (including phenoxy) is 1. The van der Waals surface area contributed by atoms with Crippen molar-refractivity contribution in [1.29, 1.82) is 0 Å². The maximum Gasteiger partial charge on any atom is 0.356 e. The number of carbonyl (C=O) groups excluding carboxylic acids is 2. The van der Waals surface area contributed by atoms with E-state index in [4.69, 9.17) is 4.74 Å². The van der Waals surface area contributed by atoms with Gasteiger partial charge in [-0.15, -0.1) is 11.8 Å². The first-order valence-corrected chi connectivity index (χ1v) is 7.90. The minimum absolute atomic E-state index is 0.147. The average Bonchev–Trinajstić information content (AvgIpc) is 2.58. The van der Waals surface area contributed by atoms with Gasteiger partial charge in [-0.1, -0.05) is 18.2 Å². The van der Waals surface area contributed by atoms with E-state index in [2.05, 4.69) is 5.32 Å². The van der Waals surface area contributed by atoms with Gasteiger partial charge in [0.1, 0.15) is 17.2 Å². The lowest BCUT2D eigenvalue weighted by molar-refractivity contribution is -0.149. The van der Waals surface area contributed by atoms with E-state index in [1.165, 1.54) is 23.8 Å². The molecule has 0 radical (unpaired) electrons. The van der Waals surface area contributed by atoms with Crippen LogP contribution in [0.5, 0.6) is 0 Å². The fraction of sp³-hybridized carbons (Fsp3) is 0.267. The number of carboxylic acid groups (broad SMARTS) is 1. The minimum atomic E-state index is -1.21. The lowest BCUT2D eigenvalue weighted by atomic mass is 10.0. The number of rotatable bonds is 4. The van der Waals surface area contributed by atoms with Crippen LogP contribution in [0.3, 0.4) is 0 Å². The molecule has 0 spiro atoms. The molecule has 2 atom stereocenters. The van der Waals surface area contributed by atoms with E-state index >= 15 is 0 Å². The number of carboxylic acids is 1. The van der Waals surface area contributed by atoms with Crippen molar-refractivity contribution < 1.29 is 24.2 Å². The summed E-state index contributed by atoms with van der Waals surface area (Å²) in [5, 5.41) is 11.5. The van der Waals surface area contributed by atoms with Crippen molar-refractivity contribution in [2.75, 3.05) is 12.9 Å². The molecule has 3 rings (SSSR count). The zero-order valence-electron chi connectivity index (χ0n) is 12.2. The van der Waals surface area contributed by atoms with Crippen molar-refractivity contribution in [3.8, 4) is 0 Å². The molecule has 2 aliphatic rings. The molecule has 2 heterocycles. The van der Waals surface area contributed by atoms with E-state index in [1.54, 1.807) is 30.3 Å². The predicted molar refractivity (Wildman–Crippen MR) is 82.5 cm³/mol. The van der Waals surface area contributed by atoms with Gasteiger partial charge >= 0.3 is 5.97 Å². The summed E-state index contributed by atoms with van der Waals surface area (Å²) in [6.07, 6.45) is 0. The summed E-state index contributed by atoms with van der Waals surface area (Å²) < 4.78 is 5.05. The number of benzene rings is 1. The zero-order valence-corrected chi connectivity index (χ0v) is 13.0. The van der Waals surface area contributed by atoms with Crippen molar-refractivity contribution in [2.24, 2.45) is 0 Å². The molecule has 8 heteroatoms. The number of methoxy groups -OCH3 is 1. The molecule has 0 aliphatic carbocycles. The highest BCUT2D eigenvalue weighted by Gasteiger charge is 2.54. The third-order valence-electron chi connectivity index (χ3n) is 3.70. The third-order valence-corrected chi connectivity index (χ3v) is 4.96. The number of β-lactam (4-membered cyclic amide) rings is 1. The van der Waals surface area contributed by atoms with E-state index < -0.39 is 23.3 Å². The summed E-state index contributed by atoms with van der Waals surface area (Å²) >= 11 is 1.36. The quantitative estimate of drug-likeness (QED) is 0.785. The van der Waals surface area contributed by atoms with Crippen molar-refractivity contribution in [1.82, 2.24) is 10.2 Å². The zero-order chi connectivity index (χ0) is 16.6. The fourth-order valence-electron chi connectivity index (χ4n) is 2.56. The second-order valence-corrected chi connectivity index (χ2v) is 6.11. The summed E-state index contributed by atoms with van der Waals surface area (Å²) in [6.45, 7) is 0. The van der Waals surface area contributed by atoms with E-state index in [1.807, 2.05) is 0 Å². The average molecular weight is 334 g/mol. The fourth-order valence-corrected chi connectivity index (χ4v) is 3.87. The monoisotopic (exact) mass is 334 g/mol. The Morgan fingerprint density at radius 2 is 2.04 bits per heavy atom. The third kappa shape index (κ3) is 2.55. The standard InChI is InChI=1S/C15H14N2O5S/c1-22-9-7-23-14-10(13(19)17(14)11(9)15(20)21)16-12(18)8-5-3-2-4-6-8/h2-6,10,14H,7H2,1H3,(H,16,18)(H,20,21)/t10?,14-/m1/s1. The molecule has 1 aromatic carbocycles. The first kappa shape index (κ1) is 15.4. The van der Waals surface area contributed by atoms with Crippen LogP contribution in [0.15, 0.2) is 41.8 Å². The maximum atomic E-state index is 12.3. The van der Waals surface area contributed by atoms with Crippen LogP contribution < -0.4 is 5.32 Å². The van der Waals surface area contributed by atoms with Gasteiger partial charge in [0.15, 0.2) is 5.70 Å². The Bertz CT molecular complexity index is 703. The molecule has 0 bridgehead atoms. The Labute approximate surface area is 136 Å². The lowest BCUT2D eigenvalue weighted by Gasteiger charge is -2.48. The van der Waals surface area contributed by atoms with Crippen LogP contribution in [0.25, 0.3) is 0 Å². The normalized spacial score (nSPS) is 23.0. The van der Waals surface area contributed by atoms with E-state index in [-0.39, 0.29) is 17.4 Å². The van der Waals surface area contributed by atoms with Crippen LogP contribution in [0.2, 0.25) is 0 Å². The first-order valence-electron chi connectivity index (χ1n) is 6.85. The summed E-state index contributed by atoms with van der Waals surface area (Å²) in [4.78, 5) is 37.0. The molecule has 2 N–H and O–H groups in total. The van der Waals surface area contributed by atoms with Crippen LogP contribution in [-0.4, -0.2) is 52.1 Å². The van der Waals surface area contributed by atoms with Crippen LogP contribution in [0.1, 0.15) is 10.4 Å². The second-order valence-electron chi connectivity index (χ2n) is 5.01. The maximum absolute atomic E-state index is 12.3.